The van der Waals surface area contributed by atoms with Gasteiger partial charge in [-0.15, -0.1) is 0 Å². The first kappa shape index (κ1) is 10.4. The molecule has 4 nitrogen and oxygen atoms in total. The van der Waals surface area contributed by atoms with Gasteiger partial charge in [-0.25, -0.2) is 8.42 Å². The lowest BCUT2D eigenvalue weighted by atomic mass is 10.2. The summed E-state index contributed by atoms with van der Waals surface area (Å²) in [6.07, 6.45) is 2.81. The van der Waals surface area contributed by atoms with E-state index in [0.29, 0.717) is 18.3 Å². The molecule has 2 unspecified atom stereocenters. The molecule has 2 N–H and O–H groups in total. The van der Waals surface area contributed by atoms with Gasteiger partial charge in [0.15, 0.2) is 9.84 Å². The van der Waals surface area contributed by atoms with Gasteiger partial charge >= 0.3 is 0 Å². The Bertz CT molecular complexity index is 283. The van der Waals surface area contributed by atoms with Crippen molar-refractivity contribution in [3.05, 3.63) is 0 Å². The number of hydrogen-bond acceptors (Lipinski definition) is 4. The maximum atomic E-state index is 11.5. The summed E-state index contributed by atoms with van der Waals surface area (Å²) >= 11 is 0. The SMILES string of the molecule is O=S1(=O)CCCC1CNC1CCNC1. The van der Waals surface area contributed by atoms with Gasteiger partial charge in [-0.3, -0.25) is 0 Å². The van der Waals surface area contributed by atoms with Crippen LogP contribution in [0, 0.1) is 0 Å². The molecule has 0 bridgehead atoms. The molecule has 2 fully saturated rings. The van der Waals surface area contributed by atoms with Gasteiger partial charge in [0.25, 0.3) is 0 Å². The molecule has 2 aliphatic rings. The third-order valence-electron chi connectivity index (χ3n) is 3.16. The second kappa shape index (κ2) is 4.16. The summed E-state index contributed by atoms with van der Waals surface area (Å²) in [6, 6.07) is 0.478. The van der Waals surface area contributed by atoms with Crippen molar-refractivity contribution < 1.29 is 8.42 Å². The highest BCUT2D eigenvalue weighted by Gasteiger charge is 2.31. The molecular weight excluding hydrogens is 200 g/mol. The van der Waals surface area contributed by atoms with Gasteiger partial charge < -0.3 is 10.6 Å². The smallest absolute Gasteiger partial charge is 0.154 e. The minimum atomic E-state index is -2.76. The largest absolute Gasteiger partial charge is 0.315 e. The quantitative estimate of drug-likeness (QED) is 0.671. The predicted octanol–water partition coefficient (Wildman–Crippen LogP) is -0.485. The van der Waals surface area contributed by atoms with Crippen LogP contribution in [-0.2, 0) is 9.84 Å². The van der Waals surface area contributed by atoms with Crippen LogP contribution in [0.25, 0.3) is 0 Å². The van der Waals surface area contributed by atoms with E-state index in [4.69, 9.17) is 0 Å². The number of rotatable bonds is 3. The highest BCUT2D eigenvalue weighted by molar-refractivity contribution is 7.92. The Balaban J connectivity index is 1.80. The molecular formula is C9H18N2O2S. The van der Waals surface area contributed by atoms with Crippen LogP contribution in [0.5, 0.6) is 0 Å². The van der Waals surface area contributed by atoms with Crippen LogP contribution in [0.4, 0.5) is 0 Å². The van der Waals surface area contributed by atoms with Crippen molar-refractivity contribution >= 4 is 9.84 Å². The van der Waals surface area contributed by atoms with E-state index in [1.165, 1.54) is 0 Å². The number of sulfone groups is 1. The molecule has 2 saturated heterocycles. The first-order valence-corrected chi connectivity index (χ1v) is 7.06. The zero-order chi connectivity index (χ0) is 10.0. The lowest BCUT2D eigenvalue weighted by molar-refractivity contribution is 0.523. The molecule has 0 saturated carbocycles. The first-order valence-electron chi connectivity index (χ1n) is 5.34. The van der Waals surface area contributed by atoms with Crippen LogP contribution in [0.1, 0.15) is 19.3 Å². The Morgan fingerprint density at radius 3 is 2.79 bits per heavy atom. The van der Waals surface area contributed by atoms with Gasteiger partial charge in [0.05, 0.1) is 11.0 Å². The summed E-state index contributed by atoms with van der Waals surface area (Å²) in [4.78, 5) is 0. The second-order valence-electron chi connectivity index (χ2n) is 4.23. The molecule has 0 aliphatic carbocycles. The van der Waals surface area contributed by atoms with E-state index in [1.807, 2.05) is 0 Å². The lowest BCUT2D eigenvalue weighted by Gasteiger charge is -2.14. The van der Waals surface area contributed by atoms with Crippen LogP contribution in [0.2, 0.25) is 0 Å². The maximum Gasteiger partial charge on any atom is 0.154 e. The van der Waals surface area contributed by atoms with Gasteiger partial charge in [-0.1, -0.05) is 0 Å². The molecule has 0 aromatic heterocycles. The fourth-order valence-electron chi connectivity index (χ4n) is 2.21. The molecule has 2 aliphatic heterocycles. The van der Waals surface area contributed by atoms with Gasteiger partial charge in [0, 0.05) is 19.1 Å². The fourth-order valence-corrected chi connectivity index (χ4v) is 3.99. The van der Waals surface area contributed by atoms with Crippen molar-refractivity contribution in [3.8, 4) is 0 Å². The Hall–Kier alpha value is -0.130. The molecule has 0 amide bonds. The summed E-state index contributed by atoms with van der Waals surface area (Å²) < 4.78 is 23.0. The fraction of sp³-hybridized carbons (Fsp3) is 1.00. The summed E-state index contributed by atoms with van der Waals surface area (Å²) in [6.45, 7) is 2.68. The average Bonchev–Trinajstić information content (AvgIpc) is 2.71. The second-order valence-corrected chi connectivity index (χ2v) is 6.63. The van der Waals surface area contributed by atoms with Crippen molar-refractivity contribution in [3.63, 3.8) is 0 Å². The topological polar surface area (TPSA) is 58.2 Å². The van der Waals surface area contributed by atoms with Crippen molar-refractivity contribution in [2.75, 3.05) is 25.4 Å². The highest BCUT2D eigenvalue weighted by Crippen LogP contribution is 2.19. The summed E-state index contributed by atoms with van der Waals surface area (Å²) in [5.74, 6) is 0.391. The van der Waals surface area contributed by atoms with Crippen LogP contribution >= 0.6 is 0 Å². The molecule has 82 valence electrons. The molecule has 0 radical (unpaired) electrons. The summed E-state index contributed by atoms with van der Waals surface area (Å²) in [7, 11) is -2.76. The van der Waals surface area contributed by atoms with Crippen LogP contribution in [0.3, 0.4) is 0 Å². The molecule has 2 rings (SSSR count). The van der Waals surface area contributed by atoms with E-state index in [2.05, 4.69) is 10.6 Å². The molecule has 0 aromatic carbocycles. The van der Waals surface area contributed by atoms with Gasteiger partial charge in [-0.05, 0) is 25.8 Å². The molecule has 2 heterocycles. The number of nitrogens with one attached hydrogen (secondary N) is 2. The zero-order valence-electron chi connectivity index (χ0n) is 8.33. The van der Waals surface area contributed by atoms with Crippen LogP contribution in [0.15, 0.2) is 0 Å². The number of hydrogen-bond donors (Lipinski definition) is 2. The minimum absolute atomic E-state index is 0.122. The standard InChI is InChI=1S/C9H18N2O2S/c12-14(13)5-1-2-9(14)7-11-8-3-4-10-6-8/h8-11H,1-7H2. The Morgan fingerprint density at radius 2 is 2.21 bits per heavy atom. The van der Waals surface area contributed by atoms with E-state index < -0.39 is 9.84 Å². The van der Waals surface area contributed by atoms with E-state index in [-0.39, 0.29) is 5.25 Å². The van der Waals surface area contributed by atoms with E-state index >= 15 is 0 Å². The van der Waals surface area contributed by atoms with Crippen molar-refractivity contribution in [1.82, 2.24) is 10.6 Å². The van der Waals surface area contributed by atoms with Crippen LogP contribution in [-0.4, -0.2) is 45.1 Å². The molecule has 0 aromatic rings. The first-order chi connectivity index (χ1) is 6.68. The molecule has 0 spiro atoms. The third-order valence-corrected chi connectivity index (χ3v) is 5.43. The van der Waals surface area contributed by atoms with E-state index in [9.17, 15) is 8.42 Å². The molecule has 14 heavy (non-hydrogen) atoms. The van der Waals surface area contributed by atoms with E-state index in [1.54, 1.807) is 0 Å². The Morgan fingerprint density at radius 1 is 1.36 bits per heavy atom. The molecule has 2 atom stereocenters. The summed E-state index contributed by atoms with van der Waals surface area (Å²) in [5, 5.41) is 6.47. The average molecular weight is 218 g/mol. The molecule has 5 heteroatoms. The Kier molecular flexibility index (Phi) is 3.09. The van der Waals surface area contributed by atoms with Crippen LogP contribution < -0.4 is 10.6 Å². The monoisotopic (exact) mass is 218 g/mol. The van der Waals surface area contributed by atoms with Crippen molar-refractivity contribution in [2.45, 2.75) is 30.6 Å². The zero-order valence-corrected chi connectivity index (χ0v) is 9.15. The lowest BCUT2D eigenvalue weighted by Crippen LogP contribution is -2.38. The van der Waals surface area contributed by atoms with Gasteiger partial charge in [0.1, 0.15) is 0 Å². The van der Waals surface area contributed by atoms with Crippen molar-refractivity contribution in [1.29, 1.82) is 0 Å². The van der Waals surface area contributed by atoms with Gasteiger partial charge in [-0.2, -0.15) is 0 Å². The normalized spacial score (nSPS) is 36.3. The van der Waals surface area contributed by atoms with E-state index in [0.717, 1.165) is 32.4 Å². The minimum Gasteiger partial charge on any atom is -0.315 e. The highest BCUT2D eigenvalue weighted by atomic mass is 32.2. The Labute approximate surface area is 85.4 Å². The maximum absolute atomic E-state index is 11.5. The van der Waals surface area contributed by atoms with Gasteiger partial charge in [0.2, 0.25) is 0 Å². The van der Waals surface area contributed by atoms with Crippen molar-refractivity contribution in [2.24, 2.45) is 0 Å². The summed E-state index contributed by atoms with van der Waals surface area (Å²) in [5.41, 5.74) is 0. The third kappa shape index (κ3) is 2.27. The predicted molar refractivity (Wildman–Crippen MR) is 56.1 cm³/mol.